The Balaban J connectivity index is 1.60. The number of rotatable bonds is 8. The second kappa shape index (κ2) is 11.4. The van der Waals surface area contributed by atoms with E-state index < -0.39 is 15.4 Å². The molecule has 0 amide bonds. The van der Waals surface area contributed by atoms with Gasteiger partial charge in [-0.25, -0.2) is 13.1 Å². The Bertz CT molecular complexity index is 1740. The first-order chi connectivity index (χ1) is 19.9. The van der Waals surface area contributed by atoms with Crippen LogP contribution in [0.5, 0.6) is 5.75 Å². The largest absolute Gasteiger partial charge is 0.488 e. The number of hydrogen-bond acceptors (Lipinski definition) is 8. The number of carbonyl (C=O) groups excluding carboxylic acids is 1. The number of aryl methyl sites for hydroxylation is 3. The van der Waals surface area contributed by atoms with Gasteiger partial charge in [0, 0.05) is 28.8 Å². The number of nitrogens with zero attached hydrogens (tertiary/aromatic N) is 4. The molecular weight excluding hydrogens is 572 g/mol. The predicted molar refractivity (Wildman–Crippen MR) is 163 cm³/mol. The van der Waals surface area contributed by atoms with E-state index in [4.69, 9.17) is 9.47 Å². The van der Waals surface area contributed by atoms with E-state index in [9.17, 15) is 13.2 Å². The number of esters is 1. The summed E-state index contributed by atoms with van der Waals surface area (Å²) in [7, 11) is -2.39. The van der Waals surface area contributed by atoms with Gasteiger partial charge >= 0.3 is 5.97 Å². The lowest BCUT2D eigenvalue weighted by atomic mass is 9.72. The molecule has 9 nitrogen and oxygen atoms in total. The molecule has 0 saturated heterocycles. The van der Waals surface area contributed by atoms with E-state index in [0.717, 1.165) is 37.5 Å². The molecule has 2 aromatic carbocycles. The number of hydrogen-bond donors (Lipinski definition) is 0. The van der Waals surface area contributed by atoms with Crippen molar-refractivity contribution in [2.75, 3.05) is 13.7 Å². The van der Waals surface area contributed by atoms with Gasteiger partial charge in [0.1, 0.15) is 22.3 Å². The molecule has 0 aliphatic carbocycles. The molecule has 0 spiro atoms. The molecule has 5 rings (SSSR count). The fourth-order valence-corrected chi connectivity index (χ4v) is 8.77. The topological polar surface area (TPSA) is 104 Å². The Hall–Kier alpha value is -3.28. The summed E-state index contributed by atoms with van der Waals surface area (Å²) >= 11 is 1.58. The van der Waals surface area contributed by atoms with E-state index in [2.05, 4.69) is 22.4 Å². The first-order valence-electron chi connectivity index (χ1n) is 14.2. The molecule has 224 valence electrons. The summed E-state index contributed by atoms with van der Waals surface area (Å²) in [5.41, 5.74) is 3.64. The molecule has 2 aromatic heterocycles. The van der Waals surface area contributed by atoms with Crippen LogP contribution in [0.15, 0.2) is 47.4 Å². The van der Waals surface area contributed by atoms with Crippen molar-refractivity contribution in [3.8, 4) is 5.75 Å². The van der Waals surface area contributed by atoms with Crippen LogP contribution in [0, 0.1) is 19.3 Å². The monoisotopic (exact) mass is 610 g/mol. The van der Waals surface area contributed by atoms with Crippen LogP contribution in [-0.2, 0) is 32.6 Å². The van der Waals surface area contributed by atoms with Crippen LogP contribution >= 0.6 is 11.3 Å². The zero-order valence-electron chi connectivity index (χ0n) is 25.2. The molecule has 0 fully saturated rings. The second-order valence-electron chi connectivity index (χ2n) is 11.3. The van der Waals surface area contributed by atoms with Gasteiger partial charge in [-0.05, 0) is 82.0 Å². The average Bonchev–Trinajstić information content (AvgIpc) is 3.53. The van der Waals surface area contributed by atoms with Gasteiger partial charge in [-0.15, -0.1) is 16.4 Å². The Kier molecular flexibility index (Phi) is 8.21. The maximum atomic E-state index is 13.8. The molecule has 1 aliphatic rings. The maximum absolute atomic E-state index is 13.8. The van der Waals surface area contributed by atoms with Crippen LogP contribution < -0.4 is 4.74 Å². The first kappa shape index (κ1) is 30.2. The van der Waals surface area contributed by atoms with Crippen molar-refractivity contribution < 1.29 is 22.7 Å². The van der Waals surface area contributed by atoms with Gasteiger partial charge in [0.25, 0.3) is 0 Å². The Morgan fingerprint density at radius 3 is 2.62 bits per heavy atom. The fourth-order valence-electron chi connectivity index (χ4n) is 5.85. The number of sulfonamides is 1. The summed E-state index contributed by atoms with van der Waals surface area (Å²) in [5.74, 6) is -0.293. The quantitative estimate of drug-likeness (QED) is 0.232. The Labute approximate surface area is 251 Å². The minimum absolute atomic E-state index is 0.183. The highest BCUT2D eigenvalue weighted by Crippen LogP contribution is 2.47. The number of ether oxygens (including phenoxy) is 2. The van der Waals surface area contributed by atoms with Crippen molar-refractivity contribution in [1.29, 1.82) is 0 Å². The van der Waals surface area contributed by atoms with Gasteiger partial charge in [-0.2, -0.15) is 4.31 Å². The second-order valence-corrected chi connectivity index (χ2v) is 14.5. The van der Waals surface area contributed by atoms with Gasteiger partial charge < -0.3 is 9.47 Å². The van der Waals surface area contributed by atoms with Crippen molar-refractivity contribution in [1.82, 2.24) is 19.3 Å². The molecule has 2 atom stereocenters. The predicted octanol–water partition coefficient (Wildman–Crippen LogP) is 5.82. The lowest BCUT2D eigenvalue weighted by Crippen LogP contribution is -2.36. The average molecular weight is 611 g/mol. The summed E-state index contributed by atoms with van der Waals surface area (Å²) in [5, 5.41) is 8.75. The number of methoxy groups -OCH3 is 1. The van der Waals surface area contributed by atoms with Crippen molar-refractivity contribution in [2.24, 2.45) is 5.41 Å². The number of thiophene rings is 1. The number of aromatic nitrogens is 3. The van der Waals surface area contributed by atoms with Crippen LogP contribution in [0.4, 0.5) is 0 Å². The number of benzene rings is 2. The van der Waals surface area contributed by atoms with Gasteiger partial charge in [0.05, 0.1) is 24.6 Å². The maximum Gasteiger partial charge on any atom is 0.312 e. The molecule has 0 radical (unpaired) electrons. The zero-order valence-corrected chi connectivity index (χ0v) is 26.8. The number of carbonyl (C=O) groups is 1. The van der Waals surface area contributed by atoms with E-state index in [-0.39, 0.29) is 36.0 Å². The van der Waals surface area contributed by atoms with Gasteiger partial charge in [0.2, 0.25) is 10.0 Å². The van der Waals surface area contributed by atoms with Crippen molar-refractivity contribution in [3.05, 3.63) is 68.9 Å². The van der Waals surface area contributed by atoms with E-state index in [1.54, 1.807) is 35.6 Å². The van der Waals surface area contributed by atoms with Crippen LogP contribution in [0.2, 0.25) is 0 Å². The van der Waals surface area contributed by atoms with E-state index in [1.807, 2.05) is 52.3 Å². The summed E-state index contributed by atoms with van der Waals surface area (Å²) in [6.45, 7) is 13.0. The summed E-state index contributed by atoms with van der Waals surface area (Å²) in [6, 6.07) is 12.9. The normalized spacial score (nSPS) is 17.8. The first-order valence-corrected chi connectivity index (χ1v) is 16.5. The van der Waals surface area contributed by atoms with E-state index >= 15 is 0 Å². The van der Waals surface area contributed by atoms with E-state index in [1.165, 1.54) is 11.4 Å². The third-order valence-corrected chi connectivity index (χ3v) is 11.3. The minimum Gasteiger partial charge on any atom is -0.488 e. The zero-order chi connectivity index (χ0) is 30.4. The van der Waals surface area contributed by atoms with Gasteiger partial charge in [0.15, 0.2) is 0 Å². The molecule has 4 aromatic rings. The smallest absolute Gasteiger partial charge is 0.312 e. The standard InChI is InChI=1S/C31H38N4O5S2/c1-8-22-18-34(42(37,38)27-13-11-10-12-25(27)40-22)17-21-16-26(41-20(21)4)28(31(5,6)30(36)39-7)23-14-15-24-29(19(23)3)32-33-35(24)9-2/h10-16,22,28H,8-9,17-18H2,1-7H3/t22-,28?/m1/s1. The number of fused-ring (bicyclic) bond motifs is 2. The third kappa shape index (κ3) is 5.11. The molecule has 0 bridgehead atoms. The summed E-state index contributed by atoms with van der Waals surface area (Å²) in [4.78, 5) is 15.3. The fraction of sp³-hybridized carbons (Fsp3) is 0.452. The SMILES string of the molecule is CC[C@@H]1CN(Cc2cc(C(c3ccc4c(nnn4CC)c3C)C(C)(C)C(=O)OC)sc2C)S(=O)(=O)c2ccccc2O1. The van der Waals surface area contributed by atoms with Crippen molar-refractivity contribution in [2.45, 2.75) is 78.0 Å². The van der Waals surface area contributed by atoms with Gasteiger partial charge in [-0.1, -0.05) is 30.3 Å². The molecule has 1 aliphatic heterocycles. The van der Waals surface area contributed by atoms with E-state index in [0.29, 0.717) is 18.7 Å². The Morgan fingerprint density at radius 2 is 1.93 bits per heavy atom. The highest BCUT2D eigenvalue weighted by atomic mass is 32.2. The molecule has 3 heterocycles. The van der Waals surface area contributed by atoms with Crippen LogP contribution in [0.25, 0.3) is 11.0 Å². The molecule has 42 heavy (non-hydrogen) atoms. The van der Waals surface area contributed by atoms with Crippen LogP contribution in [0.1, 0.15) is 66.5 Å². The molecule has 0 N–H and O–H groups in total. The third-order valence-electron chi connectivity index (χ3n) is 8.32. The summed E-state index contributed by atoms with van der Waals surface area (Å²) < 4.78 is 42.4. The molecule has 1 unspecified atom stereocenters. The molecule has 0 saturated carbocycles. The molecule has 11 heteroatoms. The summed E-state index contributed by atoms with van der Waals surface area (Å²) in [6.07, 6.45) is 0.410. The van der Waals surface area contributed by atoms with Crippen molar-refractivity contribution in [3.63, 3.8) is 0 Å². The minimum atomic E-state index is -3.80. The lowest BCUT2D eigenvalue weighted by Gasteiger charge is -2.32. The van der Waals surface area contributed by atoms with Crippen LogP contribution in [-0.4, -0.2) is 53.4 Å². The molecular formula is C31H38N4O5S2. The van der Waals surface area contributed by atoms with Crippen LogP contribution in [0.3, 0.4) is 0 Å². The Morgan fingerprint density at radius 1 is 1.19 bits per heavy atom. The highest BCUT2D eigenvalue weighted by Gasteiger charge is 2.42. The number of para-hydroxylation sites is 1. The van der Waals surface area contributed by atoms with Gasteiger partial charge in [-0.3, -0.25) is 4.79 Å². The van der Waals surface area contributed by atoms with Crippen molar-refractivity contribution >= 4 is 38.4 Å². The highest BCUT2D eigenvalue weighted by molar-refractivity contribution is 7.89. The lowest BCUT2D eigenvalue weighted by molar-refractivity contribution is -0.151.